The van der Waals surface area contributed by atoms with Gasteiger partial charge in [0.2, 0.25) is 0 Å². The lowest BCUT2D eigenvalue weighted by Crippen LogP contribution is -2.06. The van der Waals surface area contributed by atoms with E-state index < -0.39 is 5.97 Å². The third-order valence-corrected chi connectivity index (χ3v) is 2.80. The Morgan fingerprint density at radius 2 is 2.05 bits per heavy atom. The van der Waals surface area contributed by atoms with Gasteiger partial charge in [0.15, 0.2) is 0 Å². The van der Waals surface area contributed by atoms with Gasteiger partial charge in [0.1, 0.15) is 12.4 Å². The molecular weight excluding hydrogens is 242 g/mol. The zero-order chi connectivity index (χ0) is 13.8. The number of hydrogen-bond acceptors (Lipinski definition) is 4. The molecule has 2 aromatic carbocycles. The molecule has 0 atom stereocenters. The summed E-state index contributed by atoms with van der Waals surface area (Å²) < 4.78 is 5.16. The van der Waals surface area contributed by atoms with E-state index >= 15 is 0 Å². The van der Waals surface area contributed by atoms with Gasteiger partial charge < -0.3 is 15.6 Å². The molecule has 0 fully saturated rings. The van der Waals surface area contributed by atoms with E-state index in [0.717, 1.165) is 11.1 Å². The molecule has 0 heterocycles. The first-order valence-corrected chi connectivity index (χ1v) is 5.87. The van der Waals surface area contributed by atoms with Gasteiger partial charge in [0, 0.05) is 5.69 Å². The van der Waals surface area contributed by atoms with E-state index in [2.05, 4.69) is 0 Å². The number of phenolic OH excluding ortho intramolecular Hbond substituents is 1. The van der Waals surface area contributed by atoms with Crippen molar-refractivity contribution in [2.24, 2.45) is 0 Å². The van der Waals surface area contributed by atoms with E-state index in [1.807, 2.05) is 6.92 Å². The van der Waals surface area contributed by atoms with Crippen molar-refractivity contribution in [1.29, 1.82) is 0 Å². The molecular formula is C15H15NO3. The second-order valence-corrected chi connectivity index (χ2v) is 4.32. The standard InChI is InChI=1S/C15H15NO3/c1-10-5-6-12(8-14(10)16)15(18)19-9-11-3-2-4-13(17)7-11/h2-8,17H,9,16H2,1H3. The molecule has 0 bridgehead atoms. The first-order valence-electron chi connectivity index (χ1n) is 5.87. The minimum atomic E-state index is -0.435. The number of esters is 1. The van der Waals surface area contributed by atoms with Crippen molar-refractivity contribution in [3.63, 3.8) is 0 Å². The van der Waals surface area contributed by atoms with E-state index in [1.54, 1.807) is 42.5 Å². The lowest BCUT2D eigenvalue weighted by atomic mass is 10.1. The third-order valence-electron chi connectivity index (χ3n) is 2.80. The highest BCUT2D eigenvalue weighted by molar-refractivity contribution is 5.90. The van der Waals surface area contributed by atoms with Crippen LogP contribution in [0.2, 0.25) is 0 Å². The Balaban J connectivity index is 2.03. The highest BCUT2D eigenvalue weighted by atomic mass is 16.5. The van der Waals surface area contributed by atoms with Crippen LogP contribution in [-0.4, -0.2) is 11.1 Å². The Hall–Kier alpha value is -2.49. The van der Waals surface area contributed by atoms with Crippen molar-refractivity contribution in [2.75, 3.05) is 5.73 Å². The van der Waals surface area contributed by atoms with Crippen molar-refractivity contribution in [3.05, 3.63) is 59.2 Å². The number of anilines is 1. The molecule has 2 aromatic rings. The van der Waals surface area contributed by atoms with Crippen LogP contribution >= 0.6 is 0 Å². The molecule has 19 heavy (non-hydrogen) atoms. The lowest BCUT2D eigenvalue weighted by Gasteiger charge is -2.07. The molecule has 0 unspecified atom stereocenters. The number of hydrogen-bond donors (Lipinski definition) is 2. The fraction of sp³-hybridized carbons (Fsp3) is 0.133. The van der Waals surface area contributed by atoms with Crippen LogP contribution in [0.4, 0.5) is 5.69 Å². The molecule has 3 N–H and O–H groups in total. The molecule has 0 aliphatic heterocycles. The summed E-state index contributed by atoms with van der Waals surface area (Å²) in [6.07, 6.45) is 0. The van der Waals surface area contributed by atoms with Crippen molar-refractivity contribution in [1.82, 2.24) is 0 Å². The Bertz CT molecular complexity index is 608. The number of benzene rings is 2. The van der Waals surface area contributed by atoms with Gasteiger partial charge in [-0.3, -0.25) is 0 Å². The summed E-state index contributed by atoms with van der Waals surface area (Å²) >= 11 is 0. The predicted molar refractivity (Wildman–Crippen MR) is 72.8 cm³/mol. The van der Waals surface area contributed by atoms with Gasteiger partial charge in [-0.2, -0.15) is 0 Å². The number of rotatable bonds is 3. The summed E-state index contributed by atoms with van der Waals surface area (Å²) in [6, 6.07) is 11.6. The van der Waals surface area contributed by atoms with Gasteiger partial charge in [-0.05, 0) is 42.3 Å². The average Bonchev–Trinajstić information content (AvgIpc) is 2.39. The van der Waals surface area contributed by atoms with E-state index in [4.69, 9.17) is 10.5 Å². The maximum absolute atomic E-state index is 11.8. The number of carbonyl (C=O) groups excluding carboxylic acids is 1. The number of aryl methyl sites for hydroxylation is 1. The molecule has 0 aromatic heterocycles. The highest BCUT2D eigenvalue weighted by Gasteiger charge is 2.08. The quantitative estimate of drug-likeness (QED) is 0.655. The topological polar surface area (TPSA) is 72.5 Å². The molecule has 0 saturated carbocycles. The summed E-state index contributed by atoms with van der Waals surface area (Å²) in [5.41, 5.74) is 8.38. The van der Waals surface area contributed by atoms with Crippen molar-refractivity contribution in [2.45, 2.75) is 13.5 Å². The summed E-state index contributed by atoms with van der Waals surface area (Å²) in [6.45, 7) is 1.98. The second kappa shape index (κ2) is 5.44. The lowest BCUT2D eigenvalue weighted by molar-refractivity contribution is 0.0472. The van der Waals surface area contributed by atoms with Crippen LogP contribution in [-0.2, 0) is 11.3 Å². The summed E-state index contributed by atoms with van der Waals surface area (Å²) in [4.78, 5) is 11.8. The zero-order valence-electron chi connectivity index (χ0n) is 10.6. The molecule has 4 heteroatoms. The van der Waals surface area contributed by atoms with Crippen LogP contribution in [0.25, 0.3) is 0 Å². The monoisotopic (exact) mass is 257 g/mol. The Kier molecular flexibility index (Phi) is 3.71. The van der Waals surface area contributed by atoms with Crippen molar-refractivity contribution in [3.8, 4) is 5.75 Å². The van der Waals surface area contributed by atoms with Crippen molar-refractivity contribution >= 4 is 11.7 Å². The van der Waals surface area contributed by atoms with Gasteiger partial charge in [-0.1, -0.05) is 18.2 Å². The Morgan fingerprint density at radius 1 is 1.26 bits per heavy atom. The third kappa shape index (κ3) is 3.25. The van der Waals surface area contributed by atoms with Crippen molar-refractivity contribution < 1.29 is 14.6 Å². The molecule has 0 radical (unpaired) electrons. The van der Waals surface area contributed by atoms with Crippen LogP contribution in [0.1, 0.15) is 21.5 Å². The Morgan fingerprint density at radius 3 is 2.74 bits per heavy atom. The number of phenols is 1. The normalized spacial score (nSPS) is 10.2. The molecule has 98 valence electrons. The van der Waals surface area contributed by atoms with Gasteiger partial charge in [-0.15, -0.1) is 0 Å². The smallest absolute Gasteiger partial charge is 0.338 e. The number of nitrogen functional groups attached to an aromatic ring is 1. The molecule has 4 nitrogen and oxygen atoms in total. The number of aromatic hydroxyl groups is 1. The molecule has 0 spiro atoms. The SMILES string of the molecule is Cc1ccc(C(=O)OCc2cccc(O)c2)cc1N. The molecule has 0 saturated heterocycles. The second-order valence-electron chi connectivity index (χ2n) is 4.32. The van der Waals surface area contributed by atoms with E-state index in [9.17, 15) is 9.90 Å². The molecule has 2 rings (SSSR count). The van der Waals surface area contributed by atoms with Crippen LogP contribution in [0.15, 0.2) is 42.5 Å². The first kappa shape index (κ1) is 13.0. The Labute approximate surface area is 111 Å². The molecule has 0 aliphatic carbocycles. The predicted octanol–water partition coefficient (Wildman–Crippen LogP) is 2.64. The number of carbonyl (C=O) groups is 1. The van der Waals surface area contributed by atoms with Crippen LogP contribution in [0, 0.1) is 6.92 Å². The van der Waals surface area contributed by atoms with Crippen LogP contribution < -0.4 is 5.73 Å². The van der Waals surface area contributed by atoms with Crippen LogP contribution in [0.3, 0.4) is 0 Å². The number of nitrogens with two attached hydrogens (primary N) is 1. The fourth-order valence-corrected chi connectivity index (χ4v) is 1.65. The van der Waals surface area contributed by atoms with Gasteiger partial charge >= 0.3 is 5.97 Å². The maximum Gasteiger partial charge on any atom is 0.338 e. The summed E-state index contributed by atoms with van der Waals surface area (Å²) in [5, 5.41) is 9.31. The first-order chi connectivity index (χ1) is 9.06. The van der Waals surface area contributed by atoms with Gasteiger partial charge in [0.25, 0.3) is 0 Å². The molecule has 0 aliphatic rings. The van der Waals surface area contributed by atoms with Gasteiger partial charge in [-0.25, -0.2) is 4.79 Å². The largest absolute Gasteiger partial charge is 0.508 e. The number of ether oxygens (including phenoxy) is 1. The van der Waals surface area contributed by atoms with Crippen LogP contribution in [0.5, 0.6) is 5.75 Å². The molecule has 0 amide bonds. The van der Waals surface area contributed by atoms with E-state index in [0.29, 0.717) is 11.3 Å². The average molecular weight is 257 g/mol. The van der Waals surface area contributed by atoms with Gasteiger partial charge in [0.05, 0.1) is 5.56 Å². The minimum absolute atomic E-state index is 0.112. The summed E-state index contributed by atoms with van der Waals surface area (Å²) in [7, 11) is 0. The minimum Gasteiger partial charge on any atom is -0.508 e. The summed E-state index contributed by atoms with van der Waals surface area (Å²) in [5.74, 6) is -0.289. The van der Waals surface area contributed by atoms with E-state index in [1.165, 1.54) is 0 Å². The highest BCUT2D eigenvalue weighted by Crippen LogP contribution is 2.15. The maximum atomic E-state index is 11.8. The zero-order valence-corrected chi connectivity index (χ0v) is 10.6. The fourth-order valence-electron chi connectivity index (χ4n) is 1.65. The van der Waals surface area contributed by atoms with E-state index in [-0.39, 0.29) is 12.4 Å².